The second kappa shape index (κ2) is 6.67. The molecule has 4 N–H and O–H groups in total. The maximum atomic E-state index is 11.9. The van der Waals surface area contributed by atoms with E-state index in [9.17, 15) is 9.36 Å². The summed E-state index contributed by atoms with van der Waals surface area (Å²) in [6.45, 7) is 1.17. The van der Waals surface area contributed by atoms with Gasteiger partial charge in [0.15, 0.2) is 0 Å². The molecule has 2 heterocycles. The molecule has 126 valence electrons. The molecule has 0 amide bonds. The maximum absolute atomic E-state index is 11.9. The molecule has 1 aliphatic heterocycles. The normalized spacial score (nSPS) is 24.4. The van der Waals surface area contributed by atoms with Crippen LogP contribution in [0.5, 0.6) is 0 Å². The number of phosphoric ester groups is 1. The molecule has 0 bridgehead atoms. The van der Waals surface area contributed by atoms with Gasteiger partial charge >= 0.3 is 13.5 Å². The monoisotopic (exact) mass is 346 g/mol. The molecular formula is C10H15N6O6P. The van der Waals surface area contributed by atoms with Crippen LogP contribution in [0.3, 0.4) is 0 Å². The van der Waals surface area contributed by atoms with Crippen molar-refractivity contribution in [3.63, 3.8) is 0 Å². The predicted octanol–water partition coefficient (Wildman–Crippen LogP) is 0.210. The summed E-state index contributed by atoms with van der Waals surface area (Å²) < 4.78 is 21.9. The van der Waals surface area contributed by atoms with Gasteiger partial charge < -0.3 is 20.3 Å². The fourth-order valence-corrected chi connectivity index (χ4v) is 2.52. The Kier molecular flexibility index (Phi) is 5.05. The van der Waals surface area contributed by atoms with E-state index in [0.717, 1.165) is 0 Å². The summed E-state index contributed by atoms with van der Waals surface area (Å²) in [7, 11) is -4.69. The molecule has 1 aliphatic rings. The second-order valence-corrected chi connectivity index (χ2v) is 6.16. The van der Waals surface area contributed by atoms with Gasteiger partial charge in [-0.2, -0.15) is 4.98 Å². The highest BCUT2D eigenvalue weighted by Crippen LogP contribution is 2.38. The van der Waals surface area contributed by atoms with Crippen molar-refractivity contribution < 1.29 is 23.6 Å². The fourth-order valence-electron chi connectivity index (χ4n) is 2.18. The van der Waals surface area contributed by atoms with Crippen molar-refractivity contribution in [2.45, 2.75) is 31.7 Å². The Labute approximate surface area is 129 Å². The van der Waals surface area contributed by atoms with Crippen LogP contribution in [0, 0.1) is 6.92 Å². The van der Waals surface area contributed by atoms with Crippen LogP contribution in [0.2, 0.25) is 0 Å². The van der Waals surface area contributed by atoms with E-state index in [1.807, 2.05) is 0 Å². The van der Waals surface area contributed by atoms with E-state index in [-0.39, 0.29) is 12.2 Å². The third-order valence-corrected chi connectivity index (χ3v) is 3.78. The van der Waals surface area contributed by atoms with Crippen LogP contribution in [0.25, 0.3) is 10.4 Å². The Hall–Kier alpha value is -1.94. The first-order valence-electron chi connectivity index (χ1n) is 6.46. The van der Waals surface area contributed by atoms with Gasteiger partial charge in [-0.05, 0) is 12.5 Å². The SMILES string of the molecule is Cc1cn([C@H]2C[C@H](N=[N+]=[N-])[C@@H](COP(=O)(O)O)O2)c(=O)nc1N. The van der Waals surface area contributed by atoms with Gasteiger partial charge in [0, 0.05) is 23.1 Å². The molecule has 13 heteroatoms. The molecule has 0 aromatic carbocycles. The zero-order valence-corrected chi connectivity index (χ0v) is 12.9. The van der Waals surface area contributed by atoms with Crippen molar-refractivity contribution in [1.82, 2.24) is 9.55 Å². The van der Waals surface area contributed by atoms with Gasteiger partial charge in [0.05, 0.1) is 18.8 Å². The summed E-state index contributed by atoms with van der Waals surface area (Å²) >= 11 is 0. The smallest absolute Gasteiger partial charge is 0.383 e. The van der Waals surface area contributed by atoms with E-state index in [2.05, 4.69) is 19.5 Å². The number of nitrogens with zero attached hydrogens (tertiary/aromatic N) is 5. The number of nitrogens with two attached hydrogens (primary N) is 1. The number of hydrogen-bond acceptors (Lipinski definition) is 7. The molecule has 23 heavy (non-hydrogen) atoms. The molecular weight excluding hydrogens is 331 g/mol. The number of hydrogen-bond donors (Lipinski definition) is 3. The average molecular weight is 346 g/mol. The van der Waals surface area contributed by atoms with Crippen molar-refractivity contribution in [1.29, 1.82) is 0 Å². The maximum Gasteiger partial charge on any atom is 0.469 e. The molecule has 12 nitrogen and oxygen atoms in total. The molecule has 1 saturated heterocycles. The zero-order valence-electron chi connectivity index (χ0n) is 12.0. The third-order valence-electron chi connectivity index (χ3n) is 3.30. The van der Waals surface area contributed by atoms with E-state index in [1.165, 1.54) is 10.8 Å². The summed E-state index contributed by atoms with van der Waals surface area (Å²) in [4.78, 5) is 35.7. The standard InChI is InChI=1S/C10H15N6O6P/c1-5-3-16(10(17)13-9(5)11)8-2-6(14-15-12)7(22-8)4-21-23(18,19)20/h3,6-8H,2,4H2,1H3,(H2,11,13,17)(H2,18,19,20)/t6-,7+,8+/m0/s1. The number of rotatable bonds is 5. The highest BCUT2D eigenvalue weighted by molar-refractivity contribution is 7.46. The van der Waals surface area contributed by atoms with Gasteiger partial charge in [-0.25, -0.2) is 9.36 Å². The lowest BCUT2D eigenvalue weighted by Gasteiger charge is -2.17. The van der Waals surface area contributed by atoms with Crippen LogP contribution in [0.15, 0.2) is 16.1 Å². The number of phosphoric acid groups is 1. The van der Waals surface area contributed by atoms with Crippen LogP contribution < -0.4 is 11.4 Å². The Morgan fingerprint density at radius 3 is 3.00 bits per heavy atom. The average Bonchev–Trinajstić information content (AvgIpc) is 2.83. The van der Waals surface area contributed by atoms with E-state index in [4.69, 9.17) is 25.8 Å². The molecule has 1 aromatic heterocycles. The van der Waals surface area contributed by atoms with Crippen molar-refractivity contribution in [3.8, 4) is 0 Å². The summed E-state index contributed by atoms with van der Waals surface area (Å²) in [5.74, 6) is 0.0947. The topological polar surface area (TPSA) is 186 Å². The minimum Gasteiger partial charge on any atom is -0.383 e. The van der Waals surface area contributed by atoms with E-state index in [1.54, 1.807) is 6.92 Å². The highest BCUT2D eigenvalue weighted by atomic mass is 31.2. The highest BCUT2D eigenvalue weighted by Gasteiger charge is 2.37. The Morgan fingerprint density at radius 1 is 1.70 bits per heavy atom. The van der Waals surface area contributed by atoms with Gasteiger partial charge in [-0.3, -0.25) is 9.09 Å². The number of anilines is 1. The number of aryl methyl sites for hydroxylation is 1. The quantitative estimate of drug-likeness (QED) is 0.292. The molecule has 3 atom stereocenters. The predicted molar refractivity (Wildman–Crippen MR) is 77.1 cm³/mol. The van der Waals surface area contributed by atoms with Crippen LogP contribution >= 0.6 is 7.82 Å². The van der Waals surface area contributed by atoms with Crippen LogP contribution in [-0.4, -0.2) is 38.1 Å². The molecule has 1 fully saturated rings. The zero-order chi connectivity index (χ0) is 17.2. The fraction of sp³-hybridized carbons (Fsp3) is 0.600. The lowest BCUT2D eigenvalue weighted by Crippen LogP contribution is -2.29. The minimum atomic E-state index is -4.69. The molecule has 0 radical (unpaired) electrons. The first kappa shape index (κ1) is 17.4. The van der Waals surface area contributed by atoms with Gasteiger partial charge in [-0.15, -0.1) is 0 Å². The number of ether oxygens (including phenoxy) is 1. The lowest BCUT2D eigenvalue weighted by molar-refractivity contribution is -0.0267. The summed E-state index contributed by atoms with van der Waals surface area (Å²) in [5.41, 5.74) is 14.0. The number of azide groups is 1. The summed E-state index contributed by atoms with van der Waals surface area (Å²) in [5, 5.41) is 3.51. The van der Waals surface area contributed by atoms with Crippen molar-refractivity contribution in [2.24, 2.45) is 5.11 Å². The van der Waals surface area contributed by atoms with Gasteiger partial charge in [0.25, 0.3) is 0 Å². The lowest BCUT2D eigenvalue weighted by atomic mass is 10.1. The molecule has 2 rings (SSSR count). The summed E-state index contributed by atoms with van der Waals surface area (Å²) in [6.07, 6.45) is -0.137. The van der Waals surface area contributed by atoms with Crippen LogP contribution in [0.1, 0.15) is 18.2 Å². The molecule has 0 unspecified atom stereocenters. The summed E-state index contributed by atoms with van der Waals surface area (Å²) in [6, 6.07) is -0.749. The first-order chi connectivity index (χ1) is 10.7. The van der Waals surface area contributed by atoms with Gasteiger partial charge in [0.1, 0.15) is 12.0 Å². The van der Waals surface area contributed by atoms with Gasteiger partial charge in [-0.1, -0.05) is 5.11 Å². The molecule has 0 aliphatic carbocycles. The molecule has 0 saturated carbocycles. The minimum absolute atomic E-state index is 0.0947. The number of aromatic nitrogens is 2. The van der Waals surface area contributed by atoms with Gasteiger partial charge in [0.2, 0.25) is 0 Å². The third kappa shape index (κ3) is 4.29. The molecule has 1 aromatic rings. The van der Waals surface area contributed by atoms with Crippen LogP contribution in [0.4, 0.5) is 5.82 Å². The Bertz CT molecular complexity index is 740. The van der Waals surface area contributed by atoms with E-state index in [0.29, 0.717) is 5.56 Å². The largest absolute Gasteiger partial charge is 0.469 e. The first-order valence-corrected chi connectivity index (χ1v) is 7.99. The van der Waals surface area contributed by atoms with E-state index >= 15 is 0 Å². The molecule has 0 spiro atoms. The Morgan fingerprint density at radius 2 is 2.39 bits per heavy atom. The number of nitrogen functional groups attached to an aromatic ring is 1. The Balaban J connectivity index is 2.23. The van der Waals surface area contributed by atoms with Crippen molar-refractivity contribution in [2.75, 3.05) is 12.3 Å². The second-order valence-electron chi connectivity index (χ2n) is 4.92. The van der Waals surface area contributed by atoms with Crippen molar-refractivity contribution >= 4 is 13.6 Å². The van der Waals surface area contributed by atoms with Crippen molar-refractivity contribution in [3.05, 3.63) is 32.7 Å². The van der Waals surface area contributed by atoms with E-state index < -0.39 is 38.5 Å². The van der Waals surface area contributed by atoms with Crippen LogP contribution in [-0.2, 0) is 13.8 Å².